The molecule has 0 N–H and O–H groups in total. The van der Waals surface area contributed by atoms with Gasteiger partial charge in [-0.15, -0.1) is 17.0 Å². The SMILES string of the molecule is Br.CC1=C(c2nsc3ccccc23)N2CCN=C2S1. The predicted molar refractivity (Wildman–Crippen MR) is 89.1 cm³/mol. The molecule has 19 heavy (non-hydrogen) atoms. The Kier molecular flexibility index (Phi) is 3.41. The number of fused-ring (bicyclic) bond motifs is 2. The molecule has 0 saturated heterocycles. The van der Waals surface area contributed by atoms with Crippen LogP contribution in [-0.2, 0) is 0 Å². The summed E-state index contributed by atoms with van der Waals surface area (Å²) in [6, 6.07) is 8.44. The van der Waals surface area contributed by atoms with Crippen LogP contribution in [0.4, 0.5) is 0 Å². The number of aromatic nitrogens is 1. The molecule has 4 rings (SSSR count). The third-order valence-corrected chi connectivity index (χ3v) is 5.11. The first kappa shape index (κ1) is 13.1. The van der Waals surface area contributed by atoms with Gasteiger partial charge in [-0.2, -0.15) is 4.37 Å². The van der Waals surface area contributed by atoms with E-state index in [-0.39, 0.29) is 17.0 Å². The molecule has 0 saturated carbocycles. The minimum atomic E-state index is 0. The molecule has 0 atom stereocenters. The molecule has 0 spiro atoms. The molecule has 2 aromatic rings. The molecule has 0 fully saturated rings. The Morgan fingerprint density at radius 3 is 3.00 bits per heavy atom. The van der Waals surface area contributed by atoms with Crippen molar-refractivity contribution in [1.29, 1.82) is 0 Å². The molecule has 0 bridgehead atoms. The van der Waals surface area contributed by atoms with Crippen molar-refractivity contribution in [2.45, 2.75) is 6.92 Å². The van der Waals surface area contributed by atoms with Gasteiger partial charge in [0.2, 0.25) is 0 Å². The van der Waals surface area contributed by atoms with Crippen LogP contribution in [-0.4, -0.2) is 27.5 Å². The van der Waals surface area contributed by atoms with Crippen molar-refractivity contribution in [2.24, 2.45) is 4.99 Å². The summed E-state index contributed by atoms with van der Waals surface area (Å²) in [4.78, 5) is 8.14. The van der Waals surface area contributed by atoms with Crippen molar-refractivity contribution in [3.05, 3.63) is 34.9 Å². The standard InChI is InChI=1S/C13H11N3S2.BrH/c1-8-12(16-7-6-14-13(16)17-8)11-9-4-2-3-5-10(9)18-15-11;/h2-5H,6-7H2,1H3;1H. The summed E-state index contributed by atoms with van der Waals surface area (Å²) < 4.78 is 5.91. The molecular weight excluding hydrogens is 342 g/mol. The lowest BCUT2D eigenvalue weighted by molar-refractivity contribution is 0.646. The lowest BCUT2D eigenvalue weighted by Gasteiger charge is -2.15. The van der Waals surface area contributed by atoms with E-state index < -0.39 is 0 Å². The first-order valence-corrected chi connectivity index (χ1v) is 7.49. The Bertz CT molecular complexity index is 705. The second kappa shape index (κ2) is 4.92. The van der Waals surface area contributed by atoms with Crippen LogP contribution in [0, 0.1) is 0 Å². The number of amidine groups is 1. The molecule has 2 aliphatic heterocycles. The normalized spacial score (nSPS) is 17.7. The van der Waals surface area contributed by atoms with E-state index >= 15 is 0 Å². The summed E-state index contributed by atoms with van der Waals surface area (Å²) in [5.74, 6) is 0. The Hall–Kier alpha value is -0.850. The van der Waals surface area contributed by atoms with E-state index in [1.165, 1.54) is 20.7 Å². The lowest BCUT2D eigenvalue weighted by atomic mass is 10.1. The molecule has 2 aliphatic rings. The average Bonchev–Trinajstić information content (AvgIpc) is 3.03. The Balaban J connectivity index is 0.00000110. The van der Waals surface area contributed by atoms with Crippen molar-refractivity contribution in [3.63, 3.8) is 0 Å². The fourth-order valence-corrected chi connectivity index (χ4v) is 4.25. The fourth-order valence-electron chi connectivity index (χ4n) is 2.45. The maximum Gasteiger partial charge on any atom is 0.168 e. The number of rotatable bonds is 1. The number of benzene rings is 1. The molecule has 98 valence electrons. The van der Waals surface area contributed by atoms with Crippen LogP contribution in [0.15, 0.2) is 34.2 Å². The highest BCUT2D eigenvalue weighted by Crippen LogP contribution is 2.43. The maximum absolute atomic E-state index is 4.66. The Morgan fingerprint density at radius 1 is 1.26 bits per heavy atom. The topological polar surface area (TPSA) is 28.5 Å². The van der Waals surface area contributed by atoms with Gasteiger partial charge in [-0.3, -0.25) is 4.99 Å². The third kappa shape index (κ3) is 1.93. The quantitative estimate of drug-likeness (QED) is 0.776. The number of thioether (sulfide) groups is 1. The predicted octanol–water partition coefficient (Wildman–Crippen LogP) is 3.98. The van der Waals surface area contributed by atoms with Gasteiger partial charge in [-0.1, -0.05) is 30.0 Å². The van der Waals surface area contributed by atoms with Crippen LogP contribution in [0.1, 0.15) is 12.6 Å². The van der Waals surface area contributed by atoms with Crippen molar-refractivity contribution < 1.29 is 0 Å². The molecule has 0 amide bonds. The first-order valence-electron chi connectivity index (χ1n) is 5.90. The summed E-state index contributed by atoms with van der Waals surface area (Å²) in [5, 5.41) is 2.39. The van der Waals surface area contributed by atoms with Crippen LogP contribution in [0.25, 0.3) is 15.8 Å². The zero-order chi connectivity index (χ0) is 12.1. The van der Waals surface area contributed by atoms with E-state index in [1.54, 1.807) is 23.3 Å². The molecule has 1 aromatic heterocycles. The molecule has 1 aromatic carbocycles. The lowest BCUT2D eigenvalue weighted by Crippen LogP contribution is -2.20. The first-order chi connectivity index (χ1) is 8.84. The molecule has 0 radical (unpaired) electrons. The third-order valence-electron chi connectivity index (χ3n) is 3.25. The van der Waals surface area contributed by atoms with E-state index in [0.29, 0.717) is 0 Å². The van der Waals surface area contributed by atoms with E-state index in [2.05, 4.69) is 45.5 Å². The van der Waals surface area contributed by atoms with Gasteiger partial charge in [0, 0.05) is 16.8 Å². The van der Waals surface area contributed by atoms with Gasteiger partial charge in [0.15, 0.2) is 5.17 Å². The number of allylic oxidation sites excluding steroid dienone is 1. The minimum Gasteiger partial charge on any atom is -0.316 e. The van der Waals surface area contributed by atoms with Crippen LogP contribution >= 0.6 is 40.3 Å². The maximum atomic E-state index is 4.66. The summed E-state index contributed by atoms with van der Waals surface area (Å²) >= 11 is 3.35. The van der Waals surface area contributed by atoms with Crippen molar-refractivity contribution in [3.8, 4) is 0 Å². The highest BCUT2D eigenvalue weighted by atomic mass is 79.9. The monoisotopic (exact) mass is 353 g/mol. The van der Waals surface area contributed by atoms with Gasteiger partial charge < -0.3 is 4.90 Å². The summed E-state index contributed by atoms with van der Waals surface area (Å²) in [5.41, 5.74) is 2.38. The fraction of sp³-hybridized carbons (Fsp3) is 0.231. The number of hydrogen-bond acceptors (Lipinski definition) is 5. The average molecular weight is 354 g/mol. The zero-order valence-electron chi connectivity index (χ0n) is 10.3. The van der Waals surface area contributed by atoms with Crippen LogP contribution in [0.2, 0.25) is 0 Å². The van der Waals surface area contributed by atoms with Gasteiger partial charge in [0.1, 0.15) is 5.69 Å². The zero-order valence-corrected chi connectivity index (χ0v) is 13.6. The van der Waals surface area contributed by atoms with Crippen LogP contribution in [0.5, 0.6) is 0 Å². The second-order valence-corrected chi connectivity index (χ2v) is 6.34. The van der Waals surface area contributed by atoms with Crippen molar-refractivity contribution in [1.82, 2.24) is 9.27 Å². The molecule has 6 heteroatoms. The van der Waals surface area contributed by atoms with Gasteiger partial charge in [0.05, 0.1) is 16.9 Å². The number of nitrogens with zero attached hydrogens (tertiary/aromatic N) is 3. The molecule has 3 nitrogen and oxygen atoms in total. The van der Waals surface area contributed by atoms with E-state index in [4.69, 9.17) is 0 Å². The van der Waals surface area contributed by atoms with E-state index in [0.717, 1.165) is 24.0 Å². The van der Waals surface area contributed by atoms with Crippen LogP contribution < -0.4 is 0 Å². The van der Waals surface area contributed by atoms with Crippen molar-refractivity contribution >= 4 is 61.2 Å². The van der Waals surface area contributed by atoms with E-state index in [1.807, 2.05) is 0 Å². The molecule has 0 unspecified atom stereocenters. The Labute approximate surface area is 130 Å². The highest BCUT2D eigenvalue weighted by molar-refractivity contribution is 8.93. The van der Waals surface area contributed by atoms with Gasteiger partial charge in [-0.05, 0) is 24.5 Å². The summed E-state index contributed by atoms with van der Waals surface area (Å²) in [6.45, 7) is 4.05. The second-order valence-electron chi connectivity index (χ2n) is 4.35. The number of hydrogen-bond donors (Lipinski definition) is 0. The molecule has 0 aliphatic carbocycles. The van der Waals surface area contributed by atoms with E-state index in [9.17, 15) is 0 Å². The summed E-state index contributed by atoms with van der Waals surface area (Å²) in [7, 11) is 0. The van der Waals surface area contributed by atoms with Gasteiger partial charge in [-0.25, -0.2) is 0 Å². The number of halogens is 1. The largest absolute Gasteiger partial charge is 0.316 e. The van der Waals surface area contributed by atoms with Gasteiger partial charge >= 0.3 is 0 Å². The Morgan fingerprint density at radius 2 is 2.11 bits per heavy atom. The molecule has 3 heterocycles. The van der Waals surface area contributed by atoms with Crippen LogP contribution in [0.3, 0.4) is 0 Å². The van der Waals surface area contributed by atoms with Gasteiger partial charge in [0.25, 0.3) is 0 Å². The number of aliphatic imine (C=N–C) groups is 1. The summed E-state index contributed by atoms with van der Waals surface area (Å²) in [6.07, 6.45) is 0. The minimum absolute atomic E-state index is 0. The smallest absolute Gasteiger partial charge is 0.168 e. The molecular formula is C13H12BrN3S2. The van der Waals surface area contributed by atoms with Crippen molar-refractivity contribution in [2.75, 3.05) is 13.1 Å². The highest BCUT2D eigenvalue weighted by Gasteiger charge is 2.32.